The Morgan fingerprint density at radius 1 is 0.393 bits per heavy atom. The first-order valence-electron chi connectivity index (χ1n) is 19.1. The summed E-state index contributed by atoms with van der Waals surface area (Å²) in [5.41, 5.74) is 11.2. The summed E-state index contributed by atoms with van der Waals surface area (Å²) in [5, 5.41) is 4.94. The monoisotopic (exact) mass is 717 g/mol. The number of aromatic nitrogens is 5. The fraction of sp³-hybridized carbons (Fsp3) is 0.0392. The summed E-state index contributed by atoms with van der Waals surface area (Å²) in [6.45, 7) is 0. The average Bonchev–Trinajstić information content (AvgIpc) is 3.80. The van der Waals surface area contributed by atoms with Crippen LogP contribution in [0.4, 0.5) is 0 Å². The van der Waals surface area contributed by atoms with Crippen molar-refractivity contribution in [2.75, 3.05) is 0 Å². The first-order chi connectivity index (χ1) is 27.8. The number of hydrogen-bond donors (Lipinski definition) is 0. The molecule has 10 aromatic rings. The topological polar surface area (TPSA) is 48.5 Å². The number of allylic oxidation sites excluding steroid dienone is 4. The molecular weight excluding hydrogens is 683 g/mol. The van der Waals surface area contributed by atoms with Gasteiger partial charge in [-0.05, 0) is 72.1 Å². The summed E-state index contributed by atoms with van der Waals surface area (Å²) < 4.78 is 4.74. The predicted octanol–water partition coefficient (Wildman–Crippen LogP) is 12.7. The normalized spacial score (nSPS) is 14.0. The third-order valence-corrected chi connectivity index (χ3v) is 11.0. The van der Waals surface area contributed by atoms with Crippen molar-refractivity contribution >= 4 is 43.6 Å². The number of fused-ring (bicyclic) bond motifs is 6. The molecule has 0 aliphatic heterocycles. The molecule has 0 amide bonds. The van der Waals surface area contributed by atoms with Crippen LogP contribution in [0.15, 0.2) is 194 Å². The molecular formula is C51H35N5. The highest BCUT2D eigenvalue weighted by Gasteiger charge is 2.19. The standard InChI is InChI=1S/C51H35N5/c1-3-15-34(16-4-1)49-52-50(35-17-5-2-6-18-35)54-51(53-49)38-20-14-22-40(32-38)56-47-28-12-9-25-43(47)44-33-37(29-30-48(44)56)36-19-13-21-39(31-36)55-45-26-10-7-23-41(45)42-24-8-11-27-46(42)55/h1-17,19-33,35H,18H2. The zero-order valence-electron chi connectivity index (χ0n) is 30.5. The highest BCUT2D eigenvalue weighted by Crippen LogP contribution is 2.38. The summed E-state index contributed by atoms with van der Waals surface area (Å²) >= 11 is 0. The maximum Gasteiger partial charge on any atom is 0.163 e. The molecule has 56 heavy (non-hydrogen) atoms. The Hall–Kier alpha value is -7.37. The van der Waals surface area contributed by atoms with Crippen LogP contribution in [0, 0.1) is 0 Å². The van der Waals surface area contributed by atoms with Gasteiger partial charge in [-0.1, -0.05) is 140 Å². The molecule has 3 heterocycles. The fourth-order valence-corrected chi connectivity index (χ4v) is 8.42. The second-order valence-corrected chi connectivity index (χ2v) is 14.4. The van der Waals surface area contributed by atoms with Crippen LogP contribution in [0.1, 0.15) is 18.2 Å². The molecule has 1 aliphatic rings. The second kappa shape index (κ2) is 13.2. The van der Waals surface area contributed by atoms with E-state index in [0.717, 1.165) is 45.8 Å². The van der Waals surface area contributed by atoms with Gasteiger partial charge in [-0.2, -0.15) is 0 Å². The summed E-state index contributed by atoms with van der Waals surface area (Å²) in [6, 6.07) is 60.6. The summed E-state index contributed by atoms with van der Waals surface area (Å²) in [4.78, 5) is 15.1. The van der Waals surface area contributed by atoms with Crippen LogP contribution in [0.5, 0.6) is 0 Å². The van der Waals surface area contributed by atoms with E-state index < -0.39 is 0 Å². The van der Waals surface area contributed by atoms with Crippen molar-refractivity contribution in [2.24, 2.45) is 0 Å². The van der Waals surface area contributed by atoms with Crippen LogP contribution >= 0.6 is 0 Å². The van der Waals surface area contributed by atoms with Gasteiger partial charge in [0.1, 0.15) is 5.82 Å². The molecule has 0 saturated carbocycles. The zero-order valence-corrected chi connectivity index (χ0v) is 30.5. The van der Waals surface area contributed by atoms with Gasteiger partial charge in [0.05, 0.1) is 22.1 Å². The van der Waals surface area contributed by atoms with Gasteiger partial charge in [0.25, 0.3) is 0 Å². The largest absolute Gasteiger partial charge is 0.309 e. The van der Waals surface area contributed by atoms with Gasteiger partial charge in [0.15, 0.2) is 11.6 Å². The van der Waals surface area contributed by atoms with E-state index in [1.807, 2.05) is 18.2 Å². The molecule has 5 heteroatoms. The predicted molar refractivity (Wildman–Crippen MR) is 230 cm³/mol. The molecule has 1 atom stereocenters. The highest BCUT2D eigenvalue weighted by molar-refractivity contribution is 6.11. The van der Waals surface area contributed by atoms with Crippen LogP contribution in [-0.4, -0.2) is 24.1 Å². The maximum atomic E-state index is 5.09. The van der Waals surface area contributed by atoms with Crippen molar-refractivity contribution in [1.29, 1.82) is 0 Å². The highest BCUT2D eigenvalue weighted by atomic mass is 15.0. The van der Waals surface area contributed by atoms with Crippen molar-refractivity contribution in [3.8, 4) is 45.3 Å². The van der Waals surface area contributed by atoms with E-state index in [1.54, 1.807) is 0 Å². The third kappa shape index (κ3) is 5.36. The van der Waals surface area contributed by atoms with E-state index in [1.165, 1.54) is 43.7 Å². The van der Waals surface area contributed by atoms with Crippen molar-refractivity contribution in [1.82, 2.24) is 24.1 Å². The Bertz CT molecular complexity index is 3130. The first-order valence-corrected chi connectivity index (χ1v) is 19.1. The van der Waals surface area contributed by atoms with Gasteiger partial charge >= 0.3 is 0 Å². The van der Waals surface area contributed by atoms with Crippen LogP contribution in [0.2, 0.25) is 0 Å². The van der Waals surface area contributed by atoms with Crippen LogP contribution in [0.25, 0.3) is 88.9 Å². The molecule has 0 radical (unpaired) electrons. The quantitative estimate of drug-likeness (QED) is 0.172. The minimum absolute atomic E-state index is 0.0987. The molecule has 1 aliphatic carbocycles. The number of rotatable bonds is 6. The lowest BCUT2D eigenvalue weighted by molar-refractivity contribution is 0.764. The van der Waals surface area contributed by atoms with Crippen LogP contribution < -0.4 is 0 Å². The smallest absolute Gasteiger partial charge is 0.163 e. The SMILES string of the molecule is C1=CCC(c2nc(-c3ccccc3)nc(-c3cccc(-n4c5ccccc5c5cc(-c6cccc(-n7c8ccccc8c8ccccc87)c6)ccc54)c3)n2)C=C1. The number of nitrogens with zero attached hydrogens (tertiary/aromatic N) is 5. The number of benzene rings is 7. The van der Waals surface area contributed by atoms with E-state index >= 15 is 0 Å². The summed E-state index contributed by atoms with van der Waals surface area (Å²) in [7, 11) is 0. The van der Waals surface area contributed by atoms with Crippen LogP contribution in [-0.2, 0) is 0 Å². The third-order valence-electron chi connectivity index (χ3n) is 11.0. The van der Waals surface area contributed by atoms with Gasteiger partial charge in [-0.3, -0.25) is 0 Å². The van der Waals surface area contributed by atoms with E-state index in [4.69, 9.17) is 15.0 Å². The lowest BCUT2D eigenvalue weighted by Gasteiger charge is -2.15. The first kappa shape index (κ1) is 32.1. The molecule has 7 aromatic carbocycles. The molecule has 11 rings (SSSR count). The van der Waals surface area contributed by atoms with Gasteiger partial charge in [0, 0.05) is 50.0 Å². The molecule has 3 aromatic heterocycles. The van der Waals surface area contributed by atoms with Crippen molar-refractivity contribution in [3.63, 3.8) is 0 Å². The van der Waals surface area contributed by atoms with Gasteiger partial charge < -0.3 is 9.13 Å². The molecule has 264 valence electrons. The minimum atomic E-state index is 0.0987. The van der Waals surface area contributed by atoms with Crippen LogP contribution in [0.3, 0.4) is 0 Å². The van der Waals surface area contributed by atoms with Crippen molar-refractivity contribution in [2.45, 2.75) is 12.3 Å². The lowest BCUT2D eigenvalue weighted by Crippen LogP contribution is -2.08. The second-order valence-electron chi connectivity index (χ2n) is 14.4. The van der Waals surface area contributed by atoms with Crippen molar-refractivity contribution in [3.05, 3.63) is 200 Å². The average molecular weight is 718 g/mol. The van der Waals surface area contributed by atoms with Gasteiger partial charge in [0.2, 0.25) is 0 Å². The molecule has 5 nitrogen and oxygen atoms in total. The van der Waals surface area contributed by atoms with Gasteiger partial charge in [-0.25, -0.2) is 15.0 Å². The van der Waals surface area contributed by atoms with E-state index in [-0.39, 0.29) is 5.92 Å². The molecule has 1 unspecified atom stereocenters. The summed E-state index contributed by atoms with van der Waals surface area (Å²) in [6.07, 6.45) is 9.38. The maximum absolute atomic E-state index is 5.09. The Kier molecular flexibility index (Phi) is 7.56. The Labute approximate surface area is 324 Å². The van der Waals surface area contributed by atoms with E-state index in [2.05, 4.69) is 185 Å². The molecule has 0 fully saturated rings. The Balaban J connectivity index is 1.03. The summed E-state index contributed by atoms with van der Waals surface area (Å²) in [5.74, 6) is 2.24. The Morgan fingerprint density at radius 3 is 1.55 bits per heavy atom. The number of para-hydroxylation sites is 3. The fourth-order valence-electron chi connectivity index (χ4n) is 8.42. The van der Waals surface area contributed by atoms with Gasteiger partial charge in [-0.15, -0.1) is 0 Å². The zero-order chi connectivity index (χ0) is 37.0. The molecule has 0 saturated heterocycles. The number of hydrogen-bond acceptors (Lipinski definition) is 3. The Morgan fingerprint density at radius 2 is 0.911 bits per heavy atom. The van der Waals surface area contributed by atoms with E-state index in [9.17, 15) is 0 Å². The van der Waals surface area contributed by atoms with Crippen molar-refractivity contribution < 1.29 is 0 Å². The molecule has 0 spiro atoms. The lowest BCUT2D eigenvalue weighted by atomic mass is 10.00. The molecule has 0 bridgehead atoms. The molecule has 0 N–H and O–H groups in total. The van der Waals surface area contributed by atoms with E-state index in [0.29, 0.717) is 11.6 Å². The minimum Gasteiger partial charge on any atom is -0.309 e.